The van der Waals surface area contributed by atoms with E-state index in [4.69, 9.17) is 21.1 Å². The van der Waals surface area contributed by atoms with Gasteiger partial charge in [-0.3, -0.25) is 9.69 Å². The van der Waals surface area contributed by atoms with Gasteiger partial charge in [0, 0.05) is 12.5 Å². The Bertz CT molecular complexity index is 410. The fourth-order valence-corrected chi connectivity index (χ4v) is 3.01. The molecule has 3 atom stereocenters. The lowest BCUT2D eigenvalue weighted by Gasteiger charge is -2.31. The van der Waals surface area contributed by atoms with Crippen LogP contribution in [0.3, 0.4) is 0 Å². The van der Waals surface area contributed by atoms with Gasteiger partial charge in [-0.1, -0.05) is 0 Å². The van der Waals surface area contributed by atoms with E-state index in [2.05, 4.69) is 5.32 Å². The van der Waals surface area contributed by atoms with Crippen LogP contribution in [0.1, 0.15) is 27.2 Å². The van der Waals surface area contributed by atoms with Gasteiger partial charge in [-0.25, -0.2) is 4.79 Å². The zero-order chi connectivity index (χ0) is 15.6. The quantitative estimate of drug-likeness (QED) is 0.798. The Labute approximate surface area is 130 Å². The molecule has 2 fully saturated rings. The molecular weight excluding hydrogens is 296 g/mol. The van der Waals surface area contributed by atoms with Gasteiger partial charge in [-0.05, 0) is 27.2 Å². The van der Waals surface area contributed by atoms with E-state index in [0.29, 0.717) is 25.7 Å². The highest BCUT2D eigenvalue weighted by Gasteiger charge is 2.48. The normalized spacial score (nSPS) is 28.4. The summed E-state index contributed by atoms with van der Waals surface area (Å²) in [6.45, 7) is 7.11. The molecule has 2 heterocycles. The second-order valence-electron chi connectivity index (χ2n) is 6.58. The first-order valence-electron chi connectivity index (χ1n) is 7.23. The second-order valence-corrected chi connectivity index (χ2v) is 6.85. The molecule has 2 saturated heterocycles. The molecule has 6 nitrogen and oxygen atoms in total. The molecule has 3 unspecified atom stereocenters. The molecule has 0 bridgehead atoms. The van der Waals surface area contributed by atoms with Crippen LogP contribution in [0.5, 0.6) is 0 Å². The van der Waals surface area contributed by atoms with Crippen molar-refractivity contribution in [1.82, 2.24) is 10.2 Å². The van der Waals surface area contributed by atoms with E-state index >= 15 is 0 Å². The lowest BCUT2D eigenvalue weighted by Crippen LogP contribution is -2.49. The van der Waals surface area contributed by atoms with Crippen molar-refractivity contribution in [2.75, 3.05) is 25.6 Å². The zero-order valence-corrected chi connectivity index (χ0v) is 13.5. The molecule has 2 rings (SSSR count). The lowest BCUT2D eigenvalue weighted by molar-refractivity contribution is -0.118. The number of rotatable bonds is 3. The number of carbonyl (C=O) groups excluding carboxylic acids is 2. The molecule has 2 aliphatic rings. The molecule has 0 aromatic carbocycles. The number of carbonyl (C=O) groups is 2. The summed E-state index contributed by atoms with van der Waals surface area (Å²) in [5.74, 6) is 0.0133. The van der Waals surface area contributed by atoms with Gasteiger partial charge in [0.1, 0.15) is 11.5 Å². The van der Waals surface area contributed by atoms with Gasteiger partial charge in [0.15, 0.2) is 0 Å². The molecule has 7 heteroatoms. The number of ether oxygens (including phenoxy) is 2. The monoisotopic (exact) mass is 318 g/mol. The predicted molar refractivity (Wildman–Crippen MR) is 78.3 cm³/mol. The number of hydrogen-bond donors (Lipinski definition) is 1. The van der Waals surface area contributed by atoms with Crippen molar-refractivity contribution in [3.8, 4) is 0 Å². The Morgan fingerprint density at radius 1 is 1.38 bits per heavy atom. The minimum Gasteiger partial charge on any atom is -0.444 e. The highest BCUT2D eigenvalue weighted by atomic mass is 35.5. The third-order valence-corrected chi connectivity index (χ3v) is 3.99. The lowest BCUT2D eigenvalue weighted by atomic mass is 10.0. The van der Waals surface area contributed by atoms with Crippen LogP contribution < -0.4 is 5.32 Å². The Kier molecular flexibility index (Phi) is 4.99. The van der Waals surface area contributed by atoms with E-state index in [9.17, 15) is 9.59 Å². The Balaban J connectivity index is 2.04. The van der Waals surface area contributed by atoms with Gasteiger partial charge in [-0.15, -0.1) is 11.6 Å². The van der Waals surface area contributed by atoms with Crippen LogP contribution in [-0.2, 0) is 14.3 Å². The number of alkyl halides is 1. The number of amides is 2. The van der Waals surface area contributed by atoms with Gasteiger partial charge in [0.2, 0.25) is 5.91 Å². The second kappa shape index (κ2) is 6.40. The smallest absolute Gasteiger partial charge is 0.410 e. The molecule has 0 aliphatic carbocycles. The highest BCUT2D eigenvalue weighted by molar-refractivity contribution is 6.27. The molecule has 21 heavy (non-hydrogen) atoms. The summed E-state index contributed by atoms with van der Waals surface area (Å²) in [6.07, 6.45) is 0.470. The van der Waals surface area contributed by atoms with Crippen molar-refractivity contribution in [1.29, 1.82) is 0 Å². The fraction of sp³-hybridized carbons (Fsp3) is 0.857. The number of likely N-dealkylation sites (tertiary alicyclic amines) is 1. The molecule has 2 aliphatic heterocycles. The van der Waals surface area contributed by atoms with Gasteiger partial charge < -0.3 is 14.8 Å². The van der Waals surface area contributed by atoms with Crippen molar-refractivity contribution in [2.45, 2.75) is 44.9 Å². The first-order valence-corrected chi connectivity index (χ1v) is 7.77. The average Bonchev–Trinajstić information content (AvgIpc) is 2.92. The van der Waals surface area contributed by atoms with Gasteiger partial charge in [-0.2, -0.15) is 0 Å². The first kappa shape index (κ1) is 16.4. The molecule has 0 aromatic heterocycles. The summed E-state index contributed by atoms with van der Waals surface area (Å²) in [5, 5.41) is 2.75. The summed E-state index contributed by atoms with van der Waals surface area (Å²) in [4.78, 5) is 25.5. The van der Waals surface area contributed by atoms with Gasteiger partial charge >= 0.3 is 6.09 Å². The molecule has 2 amide bonds. The number of nitrogens with one attached hydrogen (secondary N) is 1. The summed E-state index contributed by atoms with van der Waals surface area (Å²) in [5.41, 5.74) is -0.543. The standard InChI is InChI=1S/C14H23ClN2O4/c1-14(2,3)21-13(19)17-10(6-16-12(18)5-15)4-9-7-20-8-11(9)17/h9-11H,4-8H2,1-3H3,(H,16,18). The maximum Gasteiger partial charge on any atom is 0.410 e. The van der Waals surface area contributed by atoms with E-state index in [1.165, 1.54) is 0 Å². The van der Waals surface area contributed by atoms with Crippen molar-refractivity contribution in [3.05, 3.63) is 0 Å². The molecule has 0 aromatic rings. The molecule has 0 saturated carbocycles. The van der Waals surface area contributed by atoms with Gasteiger partial charge in [0.25, 0.3) is 0 Å². The van der Waals surface area contributed by atoms with E-state index in [1.54, 1.807) is 4.90 Å². The van der Waals surface area contributed by atoms with Crippen LogP contribution in [0.2, 0.25) is 0 Å². The molecule has 1 N–H and O–H groups in total. The van der Waals surface area contributed by atoms with E-state index in [1.807, 2.05) is 20.8 Å². The number of nitrogens with zero attached hydrogens (tertiary/aromatic N) is 1. The molecule has 0 spiro atoms. The summed E-state index contributed by atoms with van der Waals surface area (Å²) in [6, 6.07) is -0.0244. The van der Waals surface area contributed by atoms with Gasteiger partial charge in [0.05, 0.1) is 25.3 Å². The number of fused-ring (bicyclic) bond motifs is 1. The molecule has 0 radical (unpaired) electrons. The maximum absolute atomic E-state index is 12.4. The SMILES string of the molecule is CC(C)(C)OC(=O)N1C(CNC(=O)CCl)CC2COCC21. The zero-order valence-electron chi connectivity index (χ0n) is 12.7. The van der Waals surface area contributed by atoms with Crippen LogP contribution >= 0.6 is 11.6 Å². The van der Waals surface area contributed by atoms with Crippen LogP contribution in [0, 0.1) is 5.92 Å². The summed E-state index contributed by atoms with van der Waals surface area (Å²) < 4.78 is 10.9. The molecular formula is C14H23ClN2O4. The van der Waals surface area contributed by atoms with Crippen LogP contribution in [-0.4, -0.2) is 60.2 Å². The average molecular weight is 319 g/mol. The van der Waals surface area contributed by atoms with E-state index in [-0.39, 0.29) is 30.0 Å². The minimum atomic E-state index is -0.543. The molecule has 120 valence electrons. The number of halogens is 1. The van der Waals surface area contributed by atoms with Crippen molar-refractivity contribution >= 4 is 23.6 Å². The predicted octanol–water partition coefficient (Wildman–Crippen LogP) is 1.37. The first-order chi connectivity index (χ1) is 9.81. The topological polar surface area (TPSA) is 67.9 Å². The minimum absolute atomic E-state index is 0.0396. The van der Waals surface area contributed by atoms with E-state index in [0.717, 1.165) is 6.42 Å². The Morgan fingerprint density at radius 3 is 2.71 bits per heavy atom. The number of hydrogen-bond acceptors (Lipinski definition) is 4. The van der Waals surface area contributed by atoms with Crippen LogP contribution in [0.25, 0.3) is 0 Å². The van der Waals surface area contributed by atoms with Crippen molar-refractivity contribution in [3.63, 3.8) is 0 Å². The Hall–Kier alpha value is -1.01. The third kappa shape index (κ3) is 4.01. The maximum atomic E-state index is 12.4. The fourth-order valence-electron chi connectivity index (χ4n) is 2.91. The third-order valence-electron chi connectivity index (χ3n) is 3.75. The van der Waals surface area contributed by atoms with Crippen LogP contribution in [0.15, 0.2) is 0 Å². The van der Waals surface area contributed by atoms with Crippen molar-refractivity contribution in [2.24, 2.45) is 5.92 Å². The van der Waals surface area contributed by atoms with Crippen LogP contribution in [0.4, 0.5) is 4.79 Å². The van der Waals surface area contributed by atoms with E-state index < -0.39 is 5.60 Å². The largest absolute Gasteiger partial charge is 0.444 e. The summed E-state index contributed by atoms with van der Waals surface area (Å²) >= 11 is 5.48. The Morgan fingerprint density at radius 2 is 2.10 bits per heavy atom. The summed E-state index contributed by atoms with van der Waals surface area (Å²) in [7, 11) is 0. The highest BCUT2D eigenvalue weighted by Crippen LogP contribution is 2.35. The van der Waals surface area contributed by atoms with Crippen molar-refractivity contribution < 1.29 is 19.1 Å².